The summed E-state index contributed by atoms with van der Waals surface area (Å²) >= 11 is 0. The van der Waals surface area contributed by atoms with Gasteiger partial charge in [0.15, 0.2) is 0 Å². The van der Waals surface area contributed by atoms with Crippen LogP contribution in [0.2, 0.25) is 0 Å². The molecule has 0 atom stereocenters. The molecule has 1 N–H and O–H groups in total. The third-order valence-corrected chi connectivity index (χ3v) is 7.47. The lowest BCUT2D eigenvalue weighted by Gasteiger charge is -2.44. The first-order valence-electron chi connectivity index (χ1n) is 13.0. The third kappa shape index (κ3) is 5.03. The highest BCUT2D eigenvalue weighted by atomic mass is 16.6. The lowest BCUT2D eigenvalue weighted by atomic mass is 9.88. The van der Waals surface area contributed by atoms with Crippen LogP contribution >= 0.6 is 0 Å². The van der Waals surface area contributed by atoms with Crippen LogP contribution in [0.4, 0.5) is 4.79 Å². The molecule has 0 bridgehead atoms. The van der Waals surface area contributed by atoms with Crippen molar-refractivity contribution in [2.24, 2.45) is 5.92 Å². The Hall–Kier alpha value is -2.61. The number of piperidine rings is 1. The van der Waals surface area contributed by atoms with Gasteiger partial charge in [0, 0.05) is 12.6 Å². The van der Waals surface area contributed by atoms with Crippen molar-refractivity contribution in [3.8, 4) is 0 Å². The molecule has 8 heteroatoms. The molecule has 0 radical (unpaired) electrons. The average molecular weight is 485 g/mol. The normalized spacial score (nSPS) is 19.4. The summed E-state index contributed by atoms with van der Waals surface area (Å²) in [6, 6.07) is 6.99. The molecule has 1 aromatic carbocycles. The number of ether oxygens (including phenoxy) is 1. The number of hydrogen-bond donors (Lipinski definition) is 1. The number of carbonyl (C=O) groups is 2. The van der Waals surface area contributed by atoms with Crippen LogP contribution in [0.5, 0.6) is 0 Å². The zero-order chi connectivity index (χ0) is 25.4. The molecular weight excluding hydrogens is 444 g/mol. The number of para-hydroxylation sites is 2. The number of likely N-dealkylation sites (tertiary alicyclic amines) is 1. The van der Waals surface area contributed by atoms with E-state index in [9.17, 15) is 14.4 Å². The average Bonchev–Trinajstić information content (AvgIpc) is 3.40. The molecule has 35 heavy (non-hydrogen) atoms. The first-order valence-corrected chi connectivity index (χ1v) is 13.0. The van der Waals surface area contributed by atoms with Gasteiger partial charge in [-0.25, -0.2) is 14.2 Å². The summed E-state index contributed by atoms with van der Waals surface area (Å²) in [5, 5.41) is 3.00. The van der Waals surface area contributed by atoms with Gasteiger partial charge in [-0.1, -0.05) is 25.0 Å². The van der Waals surface area contributed by atoms with Crippen molar-refractivity contribution in [3.05, 3.63) is 34.7 Å². The van der Waals surface area contributed by atoms with E-state index in [1.165, 1.54) is 4.57 Å². The van der Waals surface area contributed by atoms with Crippen molar-refractivity contribution < 1.29 is 14.3 Å². The van der Waals surface area contributed by atoms with E-state index in [1.807, 2.05) is 58.9 Å². The van der Waals surface area contributed by atoms with Crippen molar-refractivity contribution in [2.75, 3.05) is 19.6 Å². The second kappa shape index (κ2) is 9.80. The fourth-order valence-corrected chi connectivity index (χ4v) is 5.72. The summed E-state index contributed by atoms with van der Waals surface area (Å²) in [6.45, 7) is 11.8. The number of nitrogens with one attached hydrogen (secondary N) is 1. The van der Waals surface area contributed by atoms with Crippen LogP contribution in [-0.4, -0.2) is 56.8 Å². The molecule has 8 nitrogen and oxygen atoms in total. The van der Waals surface area contributed by atoms with Crippen molar-refractivity contribution in [1.82, 2.24) is 19.4 Å². The maximum absolute atomic E-state index is 13.2. The van der Waals surface area contributed by atoms with Gasteiger partial charge in [-0.3, -0.25) is 14.3 Å². The van der Waals surface area contributed by atoms with E-state index in [2.05, 4.69) is 10.2 Å². The van der Waals surface area contributed by atoms with Crippen LogP contribution in [0.15, 0.2) is 29.1 Å². The number of rotatable bonds is 5. The van der Waals surface area contributed by atoms with Gasteiger partial charge >= 0.3 is 17.7 Å². The van der Waals surface area contributed by atoms with E-state index in [-0.39, 0.29) is 23.7 Å². The second-order valence-corrected chi connectivity index (χ2v) is 11.4. The van der Waals surface area contributed by atoms with Crippen LogP contribution in [-0.2, 0) is 9.53 Å². The summed E-state index contributed by atoms with van der Waals surface area (Å²) in [6.07, 6.45) is 5.60. The van der Waals surface area contributed by atoms with Crippen molar-refractivity contribution in [2.45, 2.75) is 90.3 Å². The van der Waals surface area contributed by atoms with Crippen LogP contribution in [0, 0.1) is 5.92 Å². The molecule has 1 saturated heterocycles. The lowest BCUT2D eigenvalue weighted by Crippen LogP contribution is -2.57. The summed E-state index contributed by atoms with van der Waals surface area (Å²) < 4.78 is 8.73. The molecule has 1 aliphatic carbocycles. The Balaban J connectivity index is 1.40. The van der Waals surface area contributed by atoms with E-state index < -0.39 is 11.1 Å². The number of imidazole rings is 1. The number of aromatic nitrogens is 2. The molecule has 2 aliphatic rings. The number of carbonyl (C=O) groups excluding carboxylic acids is 2. The fraction of sp³-hybridized carbons (Fsp3) is 0.667. The van der Waals surface area contributed by atoms with Gasteiger partial charge in [0.25, 0.3) is 0 Å². The predicted octanol–water partition coefficient (Wildman–Crippen LogP) is 4.31. The number of esters is 1. The van der Waals surface area contributed by atoms with Crippen LogP contribution in [0.1, 0.15) is 79.2 Å². The minimum Gasteiger partial charge on any atom is -0.459 e. The minimum atomic E-state index is -0.506. The minimum absolute atomic E-state index is 0.0429. The molecule has 1 amide bonds. The van der Waals surface area contributed by atoms with Gasteiger partial charge < -0.3 is 10.1 Å². The number of hydrogen-bond acceptors (Lipinski definition) is 5. The smallest absolute Gasteiger partial charge is 0.337 e. The summed E-state index contributed by atoms with van der Waals surface area (Å²) in [5.41, 5.74) is 0.0765. The van der Waals surface area contributed by atoms with Gasteiger partial charge in [-0.05, 0) is 91.4 Å². The molecule has 192 valence electrons. The van der Waals surface area contributed by atoms with Crippen LogP contribution < -0.4 is 11.0 Å². The molecule has 0 spiro atoms. The summed E-state index contributed by atoms with van der Waals surface area (Å²) in [4.78, 5) is 41.6. The zero-order valence-electron chi connectivity index (χ0n) is 21.8. The molecule has 2 fully saturated rings. The van der Waals surface area contributed by atoms with Gasteiger partial charge in [-0.2, -0.15) is 0 Å². The van der Waals surface area contributed by atoms with E-state index in [4.69, 9.17) is 4.74 Å². The van der Waals surface area contributed by atoms with Gasteiger partial charge in [0.05, 0.1) is 11.0 Å². The van der Waals surface area contributed by atoms with E-state index in [1.54, 1.807) is 4.57 Å². The highest BCUT2D eigenvalue weighted by Crippen LogP contribution is 2.39. The van der Waals surface area contributed by atoms with Gasteiger partial charge in [0.2, 0.25) is 0 Å². The molecule has 1 aromatic heterocycles. The molecule has 2 heterocycles. The summed E-state index contributed by atoms with van der Waals surface area (Å²) in [7, 11) is 0. The fourth-order valence-electron chi connectivity index (χ4n) is 5.72. The molecule has 4 rings (SSSR count). The number of nitrogens with zero attached hydrogens (tertiary/aromatic N) is 3. The van der Waals surface area contributed by atoms with E-state index >= 15 is 0 Å². The first kappa shape index (κ1) is 25.5. The number of amides is 1. The van der Waals surface area contributed by atoms with Crippen molar-refractivity contribution in [3.63, 3.8) is 0 Å². The Morgan fingerprint density at radius 3 is 2.26 bits per heavy atom. The Kier molecular flexibility index (Phi) is 7.13. The quantitative estimate of drug-likeness (QED) is 0.640. The molecular formula is C27H40N4O4. The molecule has 2 aromatic rings. The summed E-state index contributed by atoms with van der Waals surface area (Å²) in [5.74, 6) is 0.219. The second-order valence-electron chi connectivity index (χ2n) is 11.4. The monoisotopic (exact) mass is 484 g/mol. The highest BCUT2D eigenvalue weighted by molar-refractivity contribution is 5.89. The van der Waals surface area contributed by atoms with E-state index in [0.717, 1.165) is 57.1 Å². The lowest BCUT2D eigenvalue weighted by molar-refractivity contribution is -0.171. The topological polar surface area (TPSA) is 85.6 Å². The number of benzene rings is 1. The standard InChI is InChI=1S/C27H40N4O4/c1-19(2)30-21-10-6-7-11-22(21)31(25(30)34)24(33)28-18-20-12-16-29(17-13-20)27(14-8-9-15-27)23(32)35-26(3,4)5/h6-7,10-11,19-20H,8-9,12-18H2,1-5H3,(H,28,33). The predicted molar refractivity (Wildman–Crippen MR) is 137 cm³/mol. The molecule has 1 saturated carbocycles. The van der Waals surface area contributed by atoms with E-state index in [0.29, 0.717) is 18.0 Å². The molecule has 0 unspecified atom stereocenters. The zero-order valence-corrected chi connectivity index (χ0v) is 21.8. The first-order chi connectivity index (χ1) is 16.5. The van der Waals surface area contributed by atoms with Gasteiger partial charge in [-0.15, -0.1) is 0 Å². The third-order valence-electron chi connectivity index (χ3n) is 7.47. The SMILES string of the molecule is CC(C)n1c(=O)n(C(=O)NCC2CCN(C3(C(=O)OC(C)(C)C)CCCC3)CC2)c2ccccc21. The largest absolute Gasteiger partial charge is 0.459 e. The Morgan fingerprint density at radius 1 is 1.09 bits per heavy atom. The Bertz CT molecular complexity index is 1130. The van der Waals surface area contributed by atoms with Gasteiger partial charge in [0.1, 0.15) is 11.1 Å². The maximum atomic E-state index is 13.2. The Morgan fingerprint density at radius 2 is 1.69 bits per heavy atom. The van der Waals surface area contributed by atoms with Crippen LogP contribution in [0.3, 0.4) is 0 Å². The number of fused-ring (bicyclic) bond motifs is 1. The van der Waals surface area contributed by atoms with Crippen molar-refractivity contribution in [1.29, 1.82) is 0 Å². The molecule has 1 aliphatic heterocycles. The van der Waals surface area contributed by atoms with Crippen molar-refractivity contribution >= 4 is 23.0 Å². The Labute approximate surface area is 207 Å². The van der Waals surface area contributed by atoms with Crippen LogP contribution in [0.25, 0.3) is 11.0 Å². The highest BCUT2D eigenvalue weighted by Gasteiger charge is 2.49. The maximum Gasteiger partial charge on any atom is 0.337 e.